The number of rotatable bonds is 7. The molecule has 0 bridgehead atoms. The molecule has 0 radical (unpaired) electrons. The highest BCUT2D eigenvalue weighted by atomic mass is 16.4. The van der Waals surface area contributed by atoms with E-state index < -0.39 is 17.4 Å². The van der Waals surface area contributed by atoms with Crippen LogP contribution in [0.25, 0.3) is 0 Å². The van der Waals surface area contributed by atoms with Crippen molar-refractivity contribution in [2.75, 3.05) is 6.54 Å². The van der Waals surface area contributed by atoms with Gasteiger partial charge < -0.3 is 16.2 Å². The molecule has 1 unspecified atom stereocenters. The van der Waals surface area contributed by atoms with Gasteiger partial charge in [0.1, 0.15) is 0 Å². The van der Waals surface area contributed by atoms with E-state index in [2.05, 4.69) is 17.6 Å². The number of nitrogens with one attached hydrogen (secondary N) is 1. The van der Waals surface area contributed by atoms with Crippen molar-refractivity contribution in [3.63, 3.8) is 0 Å². The summed E-state index contributed by atoms with van der Waals surface area (Å²) < 4.78 is 0. The number of hydrogen-bond donors (Lipinski definition) is 3. The molecular weight excluding hydrogens is 256 g/mol. The summed E-state index contributed by atoms with van der Waals surface area (Å²) in [5.41, 5.74) is 6.72. The molecule has 0 saturated heterocycles. The summed E-state index contributed by atoms with van der Waals surface area (Å²) in [4.78, 5) is 23.7. The molecule has 1 amide bonds. The Labute approximate surface area is 117 Å². The van der Waals surface area contributed by atoms with Crippen LogP contribution in [-0.4, -0.2) is 29.1 Å². The fourth-order valence-corrected chi connectivity index (χ4v) is 1.81. The number of benzene rings is 1. The van der Waals surface area contributed by atoms with Gasteiger partial charge in [0.25, 0.3) is 5.91 Å². The summed E-state index contributed by atoms with van der Waals surface area (Å²) in [6, 6.07) is 8.42. The maximum atomic E-state index is 12.1. The Morgan fingerprint density at radius 2 is 2.05 bits per heavy atom. The van der Waals surface area contributed by atoms with Crippen LogP contribution in [0.1, 0.15) is 23.2 Å². The molecule has 0 aromatic heterocycles. The van der Waals surface area contributed by atoms with Crippen molar-refractivity contribution >= 4 is 11.9 Å². The van der Waals surface area contributed by atoms with Gasteiger partial charge in [0.05, 0.1) is 0 Å². The molecular formula is C15H18N2O3. The van der Waals surface area contributed by atoms with E-state index in [9.17, 15) is 14.7 Å². The normalized spacial score (nSPS) is 12.8. The second-order valence-electron chi connectivity index (χ2n) is 4.34. The van der Waals surface area contributed by atoms with Crippen molar-refractivity contribution in [2.24, 2.45) is 5.73 Å². The molecule has 1 rings (SSSR count). The molecule has 1 aromatic rings. The summed E-state index contributed by atoms with van der Waals surface area (Å²) in [6.45, 7) is 3.72. The van der Waals surface area contributed by atoms with E-state index in [1.165, 1.54) is 6.08 Å². The first-order chi connectivity index (χ1) is 9.55. The van der Waals surface area contributed by atoms with Crippen LogP contribution in [0.3, 0.4) is 0 Å². The van der Waals surface area contributed by atoms with Crippen LogP contribution in [-0.2, 0) is 4.79 Å². The third kappa shape index (κ3) is 3.82. The summed E-state index contributed by atoms with van der Waals surface area (Å²) in [5, 5.41) is 12.0. The summed E-state index contributed by atoms with van der Waals surface area (Å²) >= 11 is 0. The third-order valence-corrected chi connectivity index (χ3v) is 2.88. The summed E-state index contributed by atoms with van der Waals surface area (Å²) in [6.07, 6.45) is 1.89. The lowest BCUT2D eigenvalue weighted by Crippen LogP contribution is -2.53. The van der Waals surface area contributed by atoms with Crippen molar-refractivity contribution in [3.8, 4) is 0 Å². The number of aliphatic carboxylic acids is 1. The first-order valence-electron chi connectivity index (χ1n) is 6.24. The Morgan fingerprint density at radius 3 is 2.55 bits per heavy atom. The molecule has 5 nitrogen and oxygen atoms in total. The van der Waals surface area contributed by atoms with Crippen molar-refractivity contribution in [3.05, 3.63) is 54.3 Å². The molecule has 0 fully saturated rings. The van der Waals surface area contributed by atoms with E-state index >= 15 is 0 Å². The minimum absolute atomic E-state index is 0.180. The van der Waals surface area contributed by atoms with Gasteiger partial charge >= 0.3 is 5.97 Å². The standard InChI is InChI=1S/C15H18N2O3/c1-2-9-15(14(19)20,10-6-11-16)17-13(18)12-7-4-3-5-8-12/h3-5,7-9H,1,6,10-11,16H2,(H,17,18)(H,19,20). The van der Waals surface area contributed by atoms with Gasteiger partial charge in [-0.05, 0) is 37.6 Å². The lowest BCUT2D eigenvalue weighted by Gasteiger charge is -2.26. The van der Waals surface area contributed by atoms with Crippen LogP contribution in [0.4, 0.5) is 0 Å². The van der Waals surface area contributed by atoms with Crippen molar-refractivity contribution in [2.45, 2.75) is 18.4 Å². The highest BCUT2D eigenvalue weighted by Gasteiger charge is 2.37. The van der Waals surface area contributed by atoms with E-state index in [4.69, 9.17) is 5.73 Å². The Hall–Kier alpha value is -2.36. The van der Waals surface area contributed by atoms with Crippen molar-refractivity contribution in [1.82, 2.24) is 5.32 Å². The van der Waals surface area contributed by atoms with E-state index in [0.29, 0.717) is 18.5 Å². The van der Waals surface area contributed by atoms with Crippen LogP contribution in [0.2, 0.25) is 0 Å². The predicted octanol–water partition coefficient (Wildman–Crippen LogP) is 1.32. The zero-order valence-corrected chi connectivity index (χ0v) is 11.1. The lowest BCUT2D eigenvalue weighted by molar-refractivity contribution is -0.142. The molecule has 0 aliphatic carbocycles. The molecule has 1 aromatic carbocycles. The second kappa shape index (κ2) is 7.28. The fraction of sp³-hybridized carbons (Fsp3) is 0.267. The Morgan fingerprint density at radius 1 is 1.40 bits per heavy atom. The molecule has 1 atom stereocenters. The average molecular weight is 274 g/mol. The second-order valence-corrected chi connectivity index (χ2v) is 4.34. The smallest absolute Gasteiger partial charge is 0.334 e. The highest BCUT2D eigenvalue weighted by Crippen LogP contribution is 2.16. The predicted molar refractivity (Wildman–Crippen MR) is 76.3 cm³/mol. The van der Waals surface area contributed by atoms with E-state index in [-0.39, 0.29) is 6.42 Å². The zero-order valence-electron chi connectivity index (χ0n) is 11.1. The number of carbonyl (C=O) groups is 2. The van der Waals surface area contributed by atoms with E-state index in [1.54, 1.807) is 30.3 Å². The van der Waals surface area contributed by atoms with Gasteiger partial charge in [0.2, 0.25) is 0 Å². The third-order valence-electron chi connectivity index (χ3n) is 2.88. The number of carbonyl (C=O) groups excluding carboxylic acids is 1. The molecule has 0 saturated carbocycles. The SMILES string of the molecule is C=C=CC(CCCN)(NC(=O)c1ccccc1)C(=O)O. The van der Waals surface area contributed by atoms with Crippen LogP contribution in [0.15, 0.2) is 48.7 Å². The number of carboxylic acids is 1. The molecule has 5 heteroatoms. The topological polar surface area (TPSA) is 92.4 Å². The van der Waals surface area contributed by atoms with Gasteiger partial charge in [-0.25, -0.2) is 4.79 Å². The first-order valence-corrected chi connectivity index (χ1v) is 6.24. The van der Waals surface area contributed by atoms with Gasteiger partial charge in [0.15, 0.2) is 5.54 Å². The largest absolute Gasteiger partial charge is 0.479 e. The van der Waals surface area contributed by atoms with Crippen LogP contribution in [0, 0.1) is 0 Å². The highest BCUT2D eigenvalue weighted by molar-refractivity contribution is 5.98. The minimum atomic E-state index is -1.53. The molecule has 0 aliphatic rings. The molecule has 0 heterocycles. The van der Waals surface area contributed by atoms with Gasteiger partial charge in [-0.15, -0.1) is 5.73 Å². The molecule has 0 spiro atoms. The number of carboxylic acid groups (broad SMARTS) is 1. The maximum Gasteiger partial charge on any atom is 0.334 e. The van der Waals surface area contributed by atoms with Gasteiger partial charge in [0, 0.05) is 5.56 Å². The van der Waals surface area contributed by atoms with E-state index in [0.717, 1.165) is 0 Å². The fourth-order valence-electron chi connectivity index (χ4n) is 1.81. The summed E-state index contributed by atoms with van der Waals surface area (Å²) in [5.74, 6) is -1.62. The average Bonchev–Trinajstić information content (AvgIpc) is 2.45. The van der Waals surface area contributed by atoms with Crippen LogP contribution < -0.4 is 11.1 Å². The van der Waals surface area contributed by atoms with Crippen LogP contribution >= 0.6 is 0 Å². The van der Waals surface area contributed by atoms with Crippen LogP contribution in [0.5, 0.6) is 0 Å². The van der Waals surface area contributed by atoms with Crippen molar-refractivity contribution < 1.29 is 14.7 Å². The summed E-state index contributed by atoms with van der Waals surface area (Å²) in [7, 11) is 0. The quantitative estimate of drug-likeness (QED) is 0.654. The number of hydrogen-bond acceptors (Lipinski definition) is 3. The van der Waals surface area contributed by atoms with Crippen molar-refractivity contribution in [1.29, 1.82) is 0 Å². The molecule has 106 valence electrons. The van der Waals surface area contributed by atoms with Gasteiger partial charge in [-0.2, -0.15) is 0 Å². The van der Waals surface area contributed by atoms with Gasteiger partial charge in [-0.1, -0.05) is 24.8 Å². The minimum Gasteiger partial charge on any atom is -0.479 e. The Bertz CT molecular complexity index is 517. The Kier molecular flexibility index (Phi) is 5.72. The first kappa shape index (κ1) is 15.7. The lowest BCUT2D eigenvalue weighted by atomic mass is 9.92. The monoisotopic (exact) mass is 274 g/mol. The zero-order chi connectivity index (χ0) is 15.0. The molecule has 20 heavy (non-hydrogen) atoms. The Balaban J connectivity index is 3.02. The number of amides is 1. The van der Waals surface area contributed by atoms with E-state index in [1.807, 2.05) is 0 Å². The maximum absolute atomic E-state index is 12.1. The molecule has 0 aliphatic heterocycles. The molecule has 4 N–H and O–H groups in total. The van der Waals surface area contributed by atoms with Gasteiger partial charge in [-0.3, -0.25) is 4.79 Å². The number of nitrogens with two attached hydrogens (primary N) is 1.